The highest BCUT2D eigenvalue weighted by Gasteiger charge is 2.38. The molecule has 1 aromatic carbocycles. The largest absolute Gasteiger partial charge is 0.494 e. The fourth-order valence-electron chi connectivity index (χ4n) is 4.29. The van der Waals surface area contributed by atoms with Crippen LogP contribution >= 0.6 is 0 Å². The van der Waals surface area contributed by atoms with Crippen molar-refractivity contribution in [3.8, 4) is 5.75 Å². The zero-order valence-corrected chi connectivity index (χ0v) is 14.9. The number of aryl methyl sites for hydroxylation is 1. The van der Waals surface area contributed by atoms with E-state index in [1.807, 2.05) is 26.0 Å². The van der Waals surface area contributed by atoms with Crippen LogP contribution in [0.1, 0.15) is 42.4 Å². The maximum absolute atomic E-state index is 12.3. The lowest BCUT2D eigenvalue weighted by Crippen LogP contribution is -2.36. The molecule has 0 unspecified atom stereocenters. The van der Waals surface area contributed by atoms with Crippen molar-refractivity contribution in [2.45, 2.75) is 58.2 Å². The van der Waals surface area contributed by atoms with Crippen molar-refractivity contribution in [2.75, 3.05) is 6.61 Å². The summed E-state index contributed by atoms with van der Waals surface area (Å²) in [7, 11) is 0. The molecule has 1 N–H and O–H groups in total. The third-order valence-electron chi connectivity index (χ3n) is 5.46. The molecule has 5 heteroatoms. The van der Waals surface area contributed by atoms with Crippen LogP contribution in [0.25, 0.3) is 0 Å². The molecule has 25 heavy (non-hydrogen) atoms. The number of aromatic amines is 1. The van der Waals surface area contributed by atoms with Crippen LogP contribution in [0, 0.1) is 6.92 Å². The van der Waals surface area contributed by atoms with Gasteiger partial charge in [0.15, 0.2) is 0 Å². The molecule has 2 aliphatic heterocycles. The number of fused-ring (bicyclic) bond motifs is 3. The maximum Gasteiger partial charge on any atom is 0.254 e. The third-order valence-corrected chi connectivity index (χ3v) is 5.46. The third kappa shape index (κ3) is 3.21. The van der Waals surface area contributed by atoms with Crippen molar-refractivity contribution in [1.29, 1.82) is 0 Å². The molecule has 132 valence electrons. The smallest absolute Gasteiger partial charge is 0.254 e. The monoisotopic (exact) mass is 339 g/mol. The fraction of sp³-hybridized carbons (Fsp3) is 0.500. The SMILES string of the molecule is CCOc1ccc(CN2[C@H]3CC[C@H]2Cc2c(nc(C)[nH]c2=O)C3)cc1. The van der Waals surface area contributed by atoms with Crippen molar-refractivity contribution >= 4 is 0 Å². The summed E-state index contributed by atoms with van der Waals surface area (Å²) in [5.74, 6) is 1.64. The number of benzene rings is 1. The number of aromatic nitrogens is 2. The van der Waals surface area contributed by atoms with Gasteiger partial charge < -0.3 is 9.72 Å². The molecule has 2 aromatic rings. The average molecular weight is 339 g/mol. The second kappa shape index (κ2) is 6.64. The van der Waals surface area contributed by atoms with Crippen molar-refractivity contribution in [3.05, 3.63) is 57.3 Å². The van der Waals surface area contributed by atoms with Crippen LogP contribution in [0.4, 0.5) is 0 Å². The van der Waals surface area contributed by atoms with Crippen molar-refractivity contribution in [3.63, 3.8) is 0 Å². The number of rotatable bonds is 4. The zero-order valence-electron chi connectivity index (χ0n) is 14.9. The van der Waals surface area contributed by atoms with Crippen LogP contribution < -0.4 is 10.3 Å². The fourth-order valence-corrected chi connectivity index (χ4v) is 4.29. The summed E-state index contributed by atoms with van der Waals surface area (Å²) < 4.78 is 5.53. The topological polar surface area (TPSA) is 58.2 Å². The molecule has 2 aliphatic rings. The number of nitrogens with zero attached hydrogens (tertiary/aromatic N) is 2. The van der Waals surface area contributed by atoms with E-state index in [4.69, 9.17) is 4.74 Å². The first-order chi connectivity index (χ1) is 12.1. The van der Waals surface area contributed by atoms with Crippen LogP contribution in [0.15, 0.2) is 29.1 Å². The number of H-pyrrole nitrogens is 1. The quantitative estimate of drug-likeness (QED) is 0.930. The van der Waals surface area contributed by atoms with E-state index in [0.717, 1.165) is 48.6 Å². The summed E-state index contributed by atoms with van der Waals surface area (Å²) in [5, 5.41) is 0. The zero-order chi connectivity index (χ0) is 17.4. The van der Waals surface area contributed by atoms with Crippen LogP contribution in [0.2, 0.25) is 0 Å². The predicted molar refractivity (Wildman–Crippen MR) is 97.0 cm³/mol. The Morgan fingerprint density at radius 3 is 2.64 bits per heavy atom. The summed E-state index contributed by atoms with van der Waals surface area (Å²) in [4.78, 5) is 22.4. The molecule has 5 nitrogen and oxygen atoms in total. The average Bonchev–Trinajstić information content (AvgIpc) is 2.85. The van der Waals surface area contributed by atoms with E-state index in [1.54, 1.807) is 0 Å². The number of ether oxygens (including phenoxy) is 1. The van der Waals surface area contributed by atoms with Gasteiger partial charge in [0, 0.05) is 30.6 Å². The van der Waals surface area contributed by atoms with Crippen molar-refractivity contribution in [1.82, 2.24) is 14.9 Å². The van der Waals surface area contributed by atoms with E-state index < -0.39 is 0 Å². The Kier molecular flexibility index (Phi) is 4.34. The summed E-state index contributed by atoms with van der Waals surface area (Å²) in [6, 6.07) is 9.30. The molecule has 0 saturated carbocycles. The second-order valence-corrected chi connectivity index (χ2v) is 7.12. The molecule has 1 saturated heterocycles. The molecule has 3 heterocycles. The molecule has 0 amide bonds. The molecule has 0 radical (unpaired) electrons. The Labute approximate surface area is 148 Å². The van der Waals surface area contributed by atoms with Gasteiger partial charge in [0.2, 0.25) is 0 Å². The first-order valence-corrected chi connectivity index (χ1v) is 9.20. The first-order valence-electron chi connectivity index (χ1n) is 9.20. The van der Waals surface area contributed by atoms with Gasteiger partial charge in [0.25, 0.3) is 5.56 Å². The highest BCUT2D eigenvalue weighted by molar-refractivity contribution is 5.28. The lowest BCUT2D eigenvalue weighted by molar-refractivity contribution is 0.187. The lowest BCUT2D eigenvalue weighted by Gasteiger charge is -2.27. The van der Waals surface area contributed by atoms with Crippen LogP contribution in [0.3, 0.4) is 0 Å². The molecule has 0 spiro atoms. The minimum atomic E-state index is 0.0519. The van der Waals surface area contributed by atoms with Crippen LogP contribution in [0.5, 0.6) is 5.75 Å². The Morgan fingerprint density at radius 1 is 1.20 bits per heavy atom. The van der Waals surface area contributed by atoms with Gasteiger partial charge in [-0.1, -0.05) is 12.1 Å². The lowest BCUT2D eigenvalue weighted by atomic mass is 9.98. The predicted octanol–water partition coefficient (Wildman–Crippen LogP) is 2.61. The van der Waals surface area contributed by atoms with Gasteiger partial charge in [-0.3, -0.25) is 9.69 Å². The standard InChI is InChI=1S/C20H25N3O2/c1-3-25-17-8-4-14(5-9-17)12-23-15-6-7-16(23)11-19-18(10-15)20(24)22-13(2)21-19/h4-5,8-9,15-16H,3,6-7,10-12H2,1-2H3,(H,21,22,24)/t15-,16-/m0/s1. The minimum Gasteiger partial charge on any atom is -0.494 e. The normalized spacial score (nSPS) is 22.5. The summed E-state index contributed by atoms with van der Waals surface area (Å²) in [6.45, 7) is 5.47. The van der Waals surface area contributed by atoms with Gasteiger partial charge in [-0.25, -0.2) is 4.98 Å². The molecule has 2 atom stereocenters. The summed E-state index contributed by atoms with van der Waals surface area (Å²) >= 11 is 0. The van der Waals surface area contributed by atoms with E-state index in [2.05, 4.69) is 27.0 Å². The Balaban J connectivity index is 1.56. The van der Waals surface area contributed by atoms with E-state index in [0.29, 0.717) is 18.7 Å². The maximum atomic E-state index is 12.3. The highest BCUT2D eigenvalue weighted by Crippen LogP contribution is 2.33. The number of nitrogens with one attached hydrogen (secondary N) is 1. The molecule has 1 aromatic heterocycles. The Hall–Kier alpha value is -2.14. The van der Waals surface area contributed by atoms with E-state index in [1.165, 1.54) is 12.0 Å². The van der Waals surface area contributed by atoms with Gasteiger partial charge in [-0.05, 0) is 50.8 Å². The van der Waals surface area contributed by atoms with Gasteiger partial charge >= 0.3 is 0 Å². The first kappa shape index (κ1) is 16.3. The molecule has 0 aliphatic carbocycles. The molecule has 4 rings (SSSR count). The van der Waals surface area contributed by atoms with Crippen molar-refractivity contribution in [2.24, 2.45) is 0 Å². The Bertz CT molecular complexity index is 813. The van der Waals surface area contributed by atoms with E-state index in [9.17, 15) is 4.79 Å². The minimum absolute atomic E-state index is 0.0519. The molecule has 2 bridgehead atoms. The highest BCUT2D eigenvalue weighted by atomic mass is 16.5. The van der Waals surface area contributed by atoms with E-state index >= 15 is 0 Å². The Morgan fingerprint density at radius 2 is 1.92 bits per heavy atom. The molecule has 1 fully saturated rings. The second-order valence-electron chi connectivity index (χ2n) is 7.12. The number of hydrogen-bond donors (Lipinski definition) is 1. The van der Waals surface area contributed by atoms with Gasteiger partial charge in [0.05, 0.1) is 12.3 Å². The summed E-state index contributed by atoms with van der Waals surface area (Å²) in [6.07, 6.45) is 4.04. The van der Waals surface area contributed by atoms with Crippen LogP contribution in [-0.4, -0.2) is 33.6 Å². The van der Waals surface area contributed by atoms with Gasteiger partial charge in [-0.2, -0.15) is 0 Å². The van der Waals surface area contributed by atoms with Crippen LogP contribution in [-0.2, 0) is 19.4 Å². The van der Waals surface area contributed by atoms with Gasteiger partial charge in [0.1, 0.15) is 11.6 Å². The molecular formula is C20H25N3O2. The number of hydrogen-bond acceptors (Lipinski definition) is 4. The molecular weight excluding hydrogens is 314 g/mol. The van der Waals surface area contributed by atoms with Gasteiger partial charge in [-0.15, -0.1) is 0 Å². The van der Waals surface area contributed by atoms with E-state index in [-0.39, 0.29) is 5.56 Å². The van der Waals surface area contributed by atoms with Crippen molar-refractivity contribution < 1.29 is 4.74 Å². The summed E-state index contributed by atoms with van der Waals surface area (Å²) in [5.41, 5.74) is 3.25.